The number of piperidine rings is 1. The van der Waals surface area contributed by atoms with Crippen LogP contribution in [0.1, 0.15) is 12.8 Å². The molecule has 1 aliphatic rings. The summed E-state index contributed by atoms with van der Waals surface area (Å²) in [5.74, 6) is -0.933. The summed E-state index contributed by atoms with van der Waals surface area (Å²) in [6.45, 7) is 0.820. The minimum Gasteiger partial charge on any atom is -0.467 e. The Bertz CT molecular complexity index is 507. The standard InChI is InChI=1S/C12H15ClFN3O3/c1-19-11(18)12(20-2)3-5-17(6-4-12)10-8(14)9(13)15-7-16-10/h7H,3-6H2,1-2H3. The maximum absolute atomic E-state index is 13.9. The van der Waals surface area contributed by atoms with Gasteiger partial charge in [0.15, 0.2) is 16.6 Å². The predicted molar refractivity (Wildman–Crippen MR) is 70.2 cm³/mol. The molecule has 0 aromatic carbocycles. The van der Waals surface area contributed by atoms with Crippen molar-refractivity contribution in [2.75, 3.05) is 32.2 Å². The Labute approximate surface area is 120 Å². The SMILES string of the molecule is COC(=O)C1(OC)CCN(c2ncnc(Cl)c2F)CC1. The molecule has 0 N–H and O–H groups in total. The first-order chi connectivity index (χ1) is 9.54. The highest BCUT2D eigenvalue weighted by molar-refractivity contribution is 6.29. The number of anilines is 1. The lowest BCUT2D eigenvalue weighted by molar-refractivity contribution is -0.168. The second-order valence-corrected chi connectivity index (χ2v) is 4.84. The van der Waals surface area contributed by atoms with Crippen molar-refractivity contribution in [3.63, 3.8) is 0 Å². The van der Waals surface area contributed by atoms with Crippen LogP contribution in [0.15, 0.2) is 6.33 Å². The number of carbonyl (C=O) groups excluding carboxylic acids is 1. The van der Waals surface area contributed by atoms with Crippen molar-refractivity contribution >= 4 is 23.4 Å². The van der Waals surface area contributed by atoms with E-state index in [9.17, 15) is 9.18 Å². The van der Waals surface area contributed by atoms with E-state index in [0.717, 1.165) is 0 Å². The third-order valence-electron chi connectivity index (χ3n) is 3.55. The first kappa shape index (κ1) is 14.9. The molecule has 0 spiro atoms. The van der Waals surface area contributed by atoms with Crippen LogP contribution >= 0.6 is 11.6 Å². The van der Waals surface area contributed by atoms with E-state index in [0.29, 0.717) is 25.9 Å². The zero-order chi connectivity index (χ0) is 14.8. The van der Waals surface area contributed by atoms with Crippen molar-refractivity contribution in [1.82, 2.24) is 9.97 Å². The first-order valence-corrected chi connectivity index (χ1v) is 6.46. The molecule has 20 heavy (non-hydrogen) atoms. The predicted octanol–water partition coefficient (Wildman–Crippen LogP) is 1.43. The smallest absolute Gasteiger partial charge is 0.338 e. The highest BCUT2D eigenvalue weighted by Gasteiger charge is 2.43. The fraction of sp³-hybridized carbons (Fsp3) is 0.583. The van der Waals surface area contributed by atoms with E-state index in [-0.39, 0.29) is 11.0 Å². The molecule has 0 atom stereocenters. The molecule has 110 valence electrons. The monoisotopic (exact) mass is 303 g/mol. The normalized spacial score (nSPS) is 17.9. The summed E-state index contributed by atoms with van der Waals surface area (Å²) in [6, 6.07) is 0. The molecule has 0 bridgehead atoms. The van der Waals surface area contributed by atoms with Gasteiger partial charge in [-0.15, -0.1) is 0 Å². The number of ether oxygens (including phenoxy) is 2. The minimum atomic E-state index is -0.974. The van der Waals surface area contributed by atoms with Gasteiger partial charge in [-0.1, -0.05) is 11.6 Å². The largest absolute Gasteiger partial charge is 0.467 e. The lowest BCUT2D eigenvalue weighted by Crippen LogP contribution is -2.51. The molecule has 0 amide bonds. The van der Waals surface area contributed by atoms with Crippen molar-refractivity contribution in [3.05, 3.63) is 17.3 Å². The molecule has 8 heteroatoms. The molecule has 2 rings (SSSR count). The molecule has 1 fully saturated rings. The summed E-state index contributed by atoms with van der Waals surface area (Å²) in [4.78, 5) is 21.0. The average molecular weight is 304 g/mol. The van der Waals surface area contributed by atoms with Crippen LogP contribution in [0.25, 0.3) is 0 Å². The molecular weight excluding hydrogens is 289 g/mol. The Morgan fingerprint density at radius 1 is 1.40 bits per heavy atom. The fourth-order valence-electron chi connectivity index (χ4n) is 2.32. The Kier molecular flexibility index (Phi) is 4.39. The summed E-state index contributed by atoms with van der Waals surface area (Å²) in [5.41, 5.74) is -0.974. The van der Waals surface area contributed by atoms with E-state index in [1.807, 2.05) is 0 Å². The van der Waals surface area contributed by atoms with E-state index >= 15 is 0 Å². The van der Waals surface area contributed by atoms with E-state index in [2.05, 4.69) is 9.97 Å². The van der Waals surface area contributed by atoms with E-state index in [1.165, 1.54) is 20.5 Å². The number of hydrogen-bond donors (Lipinski definition) is 0. The first-order valence-electron chi connectivity index (χ1n) is 6.08. The van der Waals surface area contributed by atoms with Crippen LogP contribution in [0.4, 0.5) is 10.2 Å². The Morgan fingerprint density at radius 2 is 2.05 bits per heavy atom. The molecule has 2 heterocycles. The van der Waals surface area contributed by atoms with Gasteiger partial charge in [0.2, 0.25) is 5.82 Å². The number of hydrogen-bond acceptors (Lipinski definition) is 6. The topological polar surface area (TPSA) is 64.6 Å². The van der Waals surface area contributed by atoms with E-state index in [4.69, 9.17) is 21.1 Å². The Morgan fingerprint density at radius 3 is 2.60 bits per heavy atom. The molecule has 0 radical (unpaired) electrons. The number of esters is 1. The second kappa shape index (κ2) is 5.88. The maximum atomic E-state index is 13.9. The minimum absolute atomic E-state index is 0.138. The van der Waals surface area contributed by atoms with Crippen LogP contribution in [-0.2, 0) is 14.3 Å². The molecule has 0 saturated carbocycles. The fourth-order valence-corrected chi connectivity index (χ4v) is 2.45. The molecule has 1 aliphatic heterocycles. The number of carbonyl (C=O) groups is 1. The van der Waals surface area contributed by atoms with Crippen LogP contribution in [-0.4, -0.2) is 48.8 Å². The summed E-state index contributed by atoms with van der Waals surface area (Å²) < 4.78 is 23.9. The lowest BCUT2D eigenvalue weighted by atomic mass is 9.91. The Balaban J connectivity index is 2.15. The van der Waals surface area contributed by atoms with Crippen molar-refractivity contribution in [2.24, 2.45) is 0 Å². The van der Waals surface area contributed by atoms with Crippen molar-refractivity contribution in [2.45, 2.75) is 18.4 Å². The zero-order valence-electron chi connectivity index (χ0n) is 11.2. The zero-order valence-corrected chi connectivity index (χ0v) is 12.0. The number of aromatic nitrogens is 2. The van der Waals surface area contributed by atoms with Gasteiger partial charge in [-0.25, -0.2) is 14.8 Å². The van der Waals surface area contributed by atoms with Gasteiger partial charge in [0.25, 0.3) is 0 Å². The van der Waals surface area contributed by atoms with Crippen LogP contribution in [0.3, 0.4) is 0 Å². The average Bonchev–Trinajstić information content (AvgIpc) is 2.49. The molecular formula is C12H15ClFN3O3. The van der Waals surface area contributed by atoms with Gasteiger partial charge in [0.1, 0.15) is 6.33 Å². The molecule has 1 aromatic heterocycles. The molecule has 1 saturated heterocycles. The van der Waals surface area contributed by atoms with Crippen LogP contribution in [0, 0.1) is 5.82 Å². The van der Waals surface area contributed by atoms with Gasteiger partial charge in [-0.2, -0.15) is 4.39 Å². The quantitative estimate of drug-likeness (QED) is 0.622. The second-order valence-electron chi connectivity index (χ2n) is 4.48. The van der Waals surface area contributed by atoms with Gasteiger partial charge < -0.3 is 14.4 Å². The third-order valence-corrected chi connectivity index (χ3v) is 3.81. The van der Waals surface area contributed by atoms with Crippen molar-refractivity contribution < 1.29 is 18.7 Å². The van der Waals surface area contributed by atoms with Crippen LogP contribution in [0.5, 0.6) is 0 Å². The van der Waals surface area contributed by atoms with Crippen LogP contribution in [0.2, 0.25) is 5.15 Å². The van der Waals surface area contributed by atoms with Gasteiger partial charge in [0, 0.05) is 33.0 Å². The van der Waals surface area contributed by atoms with Gasteiger partial charge in [0.05, 0.1) is 7.11 Å². The summed E-state index contributed by atoms with van der Waals surface area (Å²) in [5, 5.41) is -0.216. The number of halogens is 2. The van der Waals surface area contributed by atoms with Crippen LogP contribution < -0.4 is 4.90 Å². The highest BCUT2D eigenvalue weighted by atomic mass is 35.5. The number of nitrogens with zero attached hydrogens (tertiary/aromatic N) is 3. The molecule has 1 aromatic rings. The highest BCUT2D eigenvalue weighted by Crippen LogP contribution is 2.31. The molecule has 0 unspecified atom stereocenters. The van der Waals surface area contributed by atoms with Gasteiger partial charge in [-0.3, -0.25) is 0 Å². The summed E-state index contributed by atoms with van der Waals surface area (Å²) in [6.07, 6.45) is 1.98. The summed E-state index contributed by atoms with van der Waals surface area (Å²) >= 11 is 5.64. The van der Waals surface area contributed by atoms with E-state index < -0.39 is 17.4 Å². The Hall–Kier alpha value is -1.47. The van der Waals surface area contributed by atoms with E-state index in [1.54, 1.807) is 4.90 Å². The third kappa shape index (κ3) is 2.55. The maximum Gasteiger partial charge on any atom is 0.338 e. The van der Waals surface area contributed by atoms with Crippen molar-refractivity contribution in [3.8, 4) is 0 Å². The number of rotatable bonds is 3. The summed E-state index contributed by atoms with van der Waals surface area (Å²) in [7, 11) is 2.79. The molecule has 6 nitrogen and oxygen atoms in total. The lowest BCUT2D eigenvalue weighted by Gasteiger charge is -2.39. The van der Waals surface area contributed by atoms with Crippen molar-refractivity contribution in [1.29, 1.82) is 0 Å². The number of methoxy groups -OCH3 is 2. The van der Waals surface area contributed by atoms with Gasteiger partial charge in [-0.05, 0) is 0 Å². The van der Waals surface area contributed by atoms with Gasteiger partial charge >= 0.3 is 5.97 Å². The molecule has 0 aliphatic carbocycles.